The number of nitrogens with two attached hydrogens (primary N) is 1. The molecule has 0 saturated heterocycles. The molecule has 1 aromatic carbocycles. The molecule has 2 N–H and O–H groups in total. The van der Waals surface area contributed by atoms with Crippen LogP contribution in [0.2, 0.25) is 0 Å². The zero-order valence-corrected chi connectivity index (χ0v) is 9.77. The summed E-state index contributed by atoms with van der Waals surface area (Å²) in [4.78, 5) is 0. The summed E-state index contributed by atoms with van der Waals surface area (Å²) in [5, 5.41) is 4.40. The van der Waals surface area contributed by atoms with E-state index in [1.165, 1.54) is 5.56 Å². The smallest absolute Gasteiger partial charge is 0.0680 e. The van der Waals surface area contributed by atoms with Gasteiger partial charge in [0.25, 0.3) is 0 Å². The van der Waals surface area contributed by atoms with Gasteiger partial charge in [0.05, 0.1) is 11.9 Å². The molecular formula is C13H17N3. The number of hydrogen-bond donors (Lipinski definition) is 1. The lowest BCUT2D eigenvalue weighted by Crippen LogP contribution is -2.04. The molecule has 0 radical (unpaired) electrons. The van der Waals surface area contributed by atoms with Gasteiger partial charge >= 0.3 is 0 Å². The molecule has 0 bridgehead atoms. The Kier molecular flexibility index (Phi) is 3.06. The van der Waals surface area contributed by atoms with E-state index in [1.807, 2.05) is 16.9 Å². The van der Waals surface area contributed by atoms with Crippen LogP contribution in [0.3, 0.4) is 0 Å². The number of aryl methyl sites for hydroxylation is 1. The van der Waals surface area contributed by atoms with Crippen molar-refractivity contribution in [3.05, 3.63) is 47.3 Å². The molecule has 0 aliphatic rings. The number of hydrogen-bond acceptors (Lipinski definition) is 2. The van der Waals surface area contributed by atoms with Gasteiger partial charge < -0.3 is 5.73 Å². The quantitative estimate of drug-likeness (QED) is 0.853. The van der Waals surface area contributed by atoms with Gasteiger partial charge in [-0.2, -0.15) is 5.10 Å². The predicted octanol–water partition coefficient (Wildman–Crippen LogP) is 2.20. The molecular weight excluding hydrogens is 198 g/mol. The molecule has 3 nitrogen and oxygen atoms in total. The fourth-order valence-electron chi connectivity index (χ4n) is 1.90. The standard InChI is InChI=1S/C13H17N3/c1-3-11-6-4-5-7-13(11)16-10(2)12(8-14)9-15-16/h4-7,9H,3,8,14H2,1-2H3. The van der Waals surface area contributed by atoms with Gasteiger partial charge in [-0.15, -0.1) is 0 Å². The first-order chi connectivity index (χ1) is 7.77. The van der Waals surface area contributed by atoms with Crippen molar-refractivity contribution in [2.75, 3.05) is 0 Å². The Hall–Kier alpha value is -1.61. The van der Waals surface area contributed by atoms with Crippen LogP contribution in [-0.2, 0) is 13.0 Å². The molecule has 0 fully saturated rings. The number of aromatic nitrogens is 2. The number of para-hydroxylation sites is 1. The summed E-state index contributed by atoms with van der Waals surface area (Å²) >= 11 is 0. The average molecular weight is 215 g/mol. The molecule has 1 heterocycles. The summed E-state index contributed by atoms with van der Waals surface area (Å²) in [7, 11) is 0. The topological polar surface area (TPSA) is 43.8 Å². The van der Waals surface area contributed by atoms with Crippen molar-refractivity contribution in [2.24, 2.45) is 5.73 Å². The largest absolute Gasteiger partial charge is 0.326 e. The second-order valence-electron chi connectivity index (χ2n) is 3.85. The molecule has 2 aromatic rings. The van der Waals surface area contributed by atoms with Crippen LogP contribution >= 0.6 is 0 Å². The predicted molar refractivity (Wildman–Crippen MR) is 65.6 cm³/mol. The Morgan fingerprint density at radius 3 is 2.62 bits per heavy atom. The minimum Gasteiger partial charge on any atom is -0.326 e. The van der Waals surface area contributed by atoms with Gasteiger partial charge in [0.15, 0.2) is 0 Å². The second-order valence-corrected chi connectivity index (χ2v) is 3.85. The van der Waals surface area contributed by atoms with Crippen LogP contribution in [0.15, 0.2) is 30.5 Å². The molecule has 1 aromatic heterocycles. The molecule has 0 aliphatic heterocycles. The number of benzene rings is 1. The van der Waals surface area contributed by atoms with Crippen molar-refractivity contribution >= 4 is 0 Å². The Balaban J connectivity index is 2.54. The summed E-state index contributed by atoms with van der Waals surface area (Å²) in [5.41, 5.74) is 10.3. The van der Waals surface area contributed by atoms with Gasteiger partial charge in [-0.1, -0.05) is 25.1 Å². The summed E-state index contributed by atoms with van der Waals surface area (Å²) in [5.74, 6) is 0. The van der Waals surface area contributed by atoms with Crippen LogP contribution in [-0.4, -0.2) is 9.78 Å². The summed E-state index contributed by atoms with van der Waals surface area (Å²) in [6.07, 6.45) is 2.86. The lowest BCUT2D eigenvalue weighted by atomic mass is 10.1. The first kappa shape index (κ1) is 10.9. The van der Waals surface area contributed by atoms with Crippen LogP contribution in [0.4, 0.5) is 0 Å². The van der Waals surface area contributed by atoms with Crippen molar-refractivity contribution in [3.63, 3.8) is 0 Å². The van der Waals surface area contributed by atoms with Crippen molar-refractivity contribution in [3.8, 4) is 5.69 Å². The lowest BCUT2D eigenvalue weighted by Gasteiger charge is -2.09. The highest BCUT2D eigenvalue weighted by atomic mass is 15.3. The van der Waals surface area contributed by atoms with Gasteiger partial charge in [-0.25, -0.2) is 4.68 Å². The molecule has 84 valence electrons. The maximum Gasteiger partial charge on any atom is 0.0680 e. The molecule has 0 atom stereocenters. The SMILES string of the molecule is CCc1ccccc1-n1ncc(CN)c1C. The van der Waals surface area contributed by atoms with Gasteiger partial charge in [0, 0.05) is 17.8 Å². The summed E-state index contributed by atoms with van der Waals surface area (Å²) in [6, 6.07) is 8.33. The van der Waals surface area contributed by atoms with Crippen LogP contribution < -0.4 is 5.73 Å². The van der Waals surface area contributed by atoms with E-state index >= 15 is 0 Å². The first-order valence-corrected chi connectivity index (χ1v) is 5.59. The van der Waals surface area contributed by atoms with Crippen molar-refractivity contribution in [1.82, 2.24) is 9.78 Å². The Labute approximate surface area is 95.9 Å². The number of nitrogens with zero attached hydrogens (tertiary/aromatic N) is 2. The van der Waals surface area contributed by atoms with Crippen molar-refractivity contribution in [2.45, 2.75) is 26.8 Å². The Bertz CT molecular complexity index is 486. The molecule has 0 aliphatic carbocycles. The third kappa shape index (κ3) is 1.74. The third-order valence-corrected chi connectivity index (χ3v) is 2.93. The van der Waals surface area contributed by atoms with E-state index in [9.17, 15) is 0 Å². The van der Waals surface area contributed by atoms with Crippen LogP contribution in [0.25, 0.3) is 5.69 Å². The van der Waals surface area contributed by atoms with Crippen LogP contribution in [0.5, 0.6) is 0 Å². The highest BCUT2D eigenvalue weighted by molar-refractivity contribution is 5.42. The fraction of sp³-hybridized carbons (Fsp3) is 0.308. The zero-order chi connectivity index (χ0) is 11.5. The lowest BCUT2D eigenvalue weighted by molar-refractivity contribution is 0.829. The highest BCUT2D eigenvalue weighted by Gasteiger charge is 2.08. The van der Waals surface area contributed by atoms with E-state index in [0.29, 0.717) is 6.54 Å². The maximum atomic E-state index is 5.66. The van der Waals surface area contributed by atoms with E-state index in [2.05, 4.69) is 37.1 Å². The van der Waals surface area contributed by atoms with Crippen LogP contribution in [0.1, 0.15) is 23.7 Å². The van der Waals surface area contributed by atoms with Crippen molar-refractivity contribution in [1.29, 1.82) is 0 Å². The molecule has 2 rings (SSSR count). The Morgan fingerprint density at radius 1 is 1.25 bits per heavy atom. The Morgan fingerprint density at radius 2 is 2.00 bits per heavy atom. The second kappa shape index (κ2) is 4.49. The fourth-order valence-corrected chi connectivity index (χ4v) is 1.90. The maximum absolute atomic E-state index is 5.66. The molecule has 16 heavy (non-hydrogen) atoms. The van der Waals surface area contributed by atoms with E-state index in [4.69, 9.17) is 5.73 Å². The minimum absolute atomic E-state index is 0.542. The zero-order valence-electron chi connectivity index (χ0n) is 9.77. The number of rotatable bonds is 3. The highest BCUT2D eigenvalue weighted by Crippen LogP contribution is 2.18. The molecule has 0 unspecified atom stereocenters. The average Bonchev–Trinajstić information content (AvgIpc) is 2.70. The third-order valence-electron chi connectivity index (χ3n) is 2.93. The molecule has 0 saturated carbocycles. The van der Waals surface area contributed by atoms with Crippen molar-refractivity contribution < 1.29 is 0 Å². The van der Waals surface area contributed by atoms with E-state index < -0.39 is 0 Å². The van der Waals surface area contributed by atoms with Gasteiger partial charge in [0.1, 0.15) is 0 Å². The monoisotopic (exact) mass is 215 g/mol. The van der Waals surface area contributed by atoms with E-state index in [0.717, 1.165) is 23.4 Å². The van der Waals surface area contributed by atoms with Crippen LogP contribution in [0, 0.1) is 6.92 Å². The molecule has 0 spiro atoms. The van der Waals surface area contributed by atoms with Gasteiger partial charge in [-0.3, -0.25) is 0 Å². The van der Waals surface area contributed by atoms with E-state index in [-0.39, 0.29) is 0 Å². The summed E-state index contributed by atoms with van der Waals surface area (Å²) in [6.45, 7) is 4.75. The van der Waals surface area contributed by atoms with E-state index in [1.54, 1.807) is 0 Å². The molecule has 3 heteroatoms. The summed E-state index contributed by atoms with van der Waals surface area (Å²) < 4.78 is 1.97. The first-order valence-electron chi connectivity index (χ1n) is 5.59. The molecule has 0 amide bonds. The normalized spacial score (nSPS) is 10.7. The minimum atomic E-state index is 0.542. The van der Waals surface area contributed by atoms with Gasteiger partial charge in [0.2, 0.25) is 0 Å². The van der Waals surface area contributed by atoms with Gasteiger partial charge in [-0.05, 0) is 25.0 Å².